The van der Waals surface area contributed by atoms with Gasteiger partial charge in [-0.15, -0.1) is 0 Å². The van der Waals surface area contributed by atoms with Crippen molar-refractivity contribution in [3.63, 3.8) is 0 Å². The van der Waals surface area contributed by atoms with Gasteiger partial charge in [-0.1, -0.05) is 0 Å². The smallest absolute Gasteiger partial charge is 0.242 e. The summed E-state index contributed by atoms with van der Waals surface area (Å²) in [6.07, 6.45) is 0. The van der Waals surface area contributed by atoms with Crippen molar-refractivity contribution in [1.82, 2.24) is 30.3 Å². The fourth-order valence-electron chi connectivity index (χ4n) is 1.73. The summed E-state index contributed by atoms with van der Waals surface area (Å²) < 4.78 is 1.46. The lowest BCUT2D eigenvalue weighted by Crippen LogP contribution is -2.31. The summed E-state index contributed by atoms with van der Waals surface area (Å²) in [6.45, 7) is 5.52. The Labute approximate surface area is 110 Å². The predicted octanol–water partition coefficient (Wildman–Crippen LogP) is 0.0776. The van der Waals surface area contributed by atoms with Gasteiger partial charge in [-0.3, -0.25) is 9.89 Å². The van der Waals surface area contributed by atoms with Gasteiger partial charge in [0.15, 0.2) is 5.82 Å². The van der Waals surface area contributed by atoms with E-state index in [0.717, 1.165) is 5.69 Å². The minimum absolute atomic E-state index is 0.0768. The van der Waals surface area contributed by atoms with E-state index in [1.165, 1.54) is 4.68 Å². The zero-order chi connectivity index (χ0) is 14.0. The zero-order valence-electron chi connectivity index (χ0n) is 11.1. The van der Waals surface area contributed by atoms with E-state index >= 15 is 0 Å². The topological polar surface area (TPSA) is 115 Å². The standard InChI is InChI=1S/C11H17N7O/c1-6-4-9(12)18(17-6)5-10(19)13-7(2)11-14-8(3)15-16-11/h4,7H,5,12H2,1-3H3,(H,13,19)(H,14,15,16)/t7-/m1/s1. The molecule has 0 saturated carbocycles. The Balaban J connectivity index is 1.96. The Kier molecular flexibility index (Phi) is 3.50. The van der Waals surface area contributed by atoms with Gasteiger partial charge in [0, 0.05) is 6.07 Å². The Morgan fingerprint density at radius 2 is 2.32 bits per heavy atom. The van der Waals surface area contributed by atoms with Crippen molar-refractivity contribution >= 4 is 11.7 Å². The van der Waals surface area contributed by atoms with Crippen LogP contribution < -0.4 is 11.1 Å². The van der Waals surface area contributed by atoms with Crippen LogP contribution in [0.5, 0.6) is 0 Å². The monoisotopic (exact) mass is 263 g/mol. The van der Waals surface area contributed by atoms with Crippen molar-refractivity contribution < 1.29 is 4.79 Å². The molecule has 19 heavy (non-hydrogen) atoms. The number of nitrogens with zero attached hydrogens (tertiary/aromatic N) is 4. The van der Waals surface area contributed by atoms with Gasteiger partial charge in [0.05, 0.1) is 11.7 Å². The molecule has 102 valence electrons. The molecule has 0 radical (unpaired) electrons. The van der Waals surface area contributed by atoms with E-state index < -0.39 is 0 Å². The second kappa shape index (κ2) is 5.09. The molecule has 0 spiro atoms. The highest BCUT2D eigenvalue weighted by Crippen LogP contribution is 2.07. The zero-order valence-corrected chi connectivity index (χ0v) is 11.1. The molecule has 0 bridgehead atoms. The molecule has 0 aliphatic carbocycles. The third-order valence-electron chi connectivity index (χ3n) is 2.61. The average Bonchev–Trinajstić information content (AvgIpc) is 2.86. The maximum absolute atomic E-state index is 11.9. The second-order valence-corrected chi connectivity index (χ2v) is 4.44. The molecule has 0 fully saturated rings. The lowest BCUT2D eigenvalue weighted by molar-refractivity contribution is -0.122. The highest BCUT2D eigenvalue weighted by molar-refractivity contribution is 5.76. The van der Waals surface area contributed by atoms with Crippen LogP contribution in [0.1, 0.15) is 30.3 Å². The number of hydrogen-bond acceptors (Lipinski definition) is 5. The van der Waals surface area contributed by atoms with Gasteiger partial charge < -0.3 is 11.1 Å². The van der Waals surface area contributed by atoms with E-state index in [0.29, 0.717) is 17.5 Å². The first-order valence-corrected chi connectivity index (χ1v) is 5.94. The van der Waals surface area contributed by atoms with Crippen molar-refractivity contribution in [2.45, 2.75) is 33.4 Å². The summed E-state index contributed by atoms with van der Waals surface area (Å²) >= 11 is 0. The molecule has 0 unspecified atom stereocenters. The van der Waals surface area contributed by atoms with E-state index in [9.17, 15) is 4.79 Å². The molecule has 2 heterocycles. The number of rotatable bonds is 4. The van der Waals surface area contributed by atoms with Crippen molar-refractivity contribution in [1.29, 1.82) is 0 Å². The average molecular weight is 263 g/mol. The molecule has 0 aromatic carbocycles. The Morgan fingerprint density at radius 3 is 2.84 bits per heavy atom. The van der Waals surface area contributed by atoms with E-state index in [1.54, 1.807) is 13.0 Å². The molecule has 2 aromatic rings. The van der Waals surface area contributed by atoms with Crippen LogP contribution in [-0.2, 0) is 11.3 Å². The van der Waals surface area contributed by atoms with E-state index in [2.05, 4.69) is 25.6 Å². The number of hydrogen-bond donors (Lipinski definition) is 3. The number of carbonyl (C=O) groups excluding carboxylic acids is 1. The van der Waals surface area contributed by atoms with Gasteiger partial charge in [-0.25, -0.2) is 9.67 Å². The van der Waals surface area contributed by atoms with E-state index in [-0.39, 0.29) is 18.5 Å². The molecule has 0 aliphatic heterocycles. The largest absolute Gasteiger partial charge is 0.384 e. The molecule has 0 saturated heterocycles. The molecule has 0 aliphatic rings. The summed E-state index contributed by atoms with van der Waals surface area (Å²) in [6, 6.07) is 1.45. The van der Waals surface area contributed by atoms with Gasteiger partial charge >= 0.3 is 0 Å². The first-order chi connectivity index (χ1) is 8.95. The van der Waals surface area contributed by atoms with Gasteiger partial charge in [0.1, 0.15) is 18.2 Å². The van der Waals surface area contributed by atoms with Crippen LogP contribution in [0.25, 0.3) is 0 Å². The van der Waals surface area contributed by atoms with Crippen LogP contribution in [0, 0.1) is 13.8 Å². The van der Waals surface area contributed by atoms with Crippen LogP contribution in [-0.4, -0.2) is 30.9 Å². The number of aromatic amines is 1. The summed E-state index contributed by atoms with van der Waals surface area (Å²) in [5.74, 6) is 1.54. The molecular weight excluding hydrogens is 246 g/mol. The summed E-state index contributed by atoms with van der Waals surface area (Å²) in [5.41, 5.74) is 6.51. The number of nitrogen functional groups attached to an aromatic ring is 1. The maximum Gasteiger partial charge on any atom is 0.242 e. The molecule has 4 N–H and O–H groups in total. The maximum atomic E-state index is 11.9. The highest BCUT2D eigenvalue weighted by atomic mass is 16.2. The van der Waals surface area contributed by atoms with Crippen LogP contribution in [0.4, 0.5) is 5.82 Å². The van der Waals surface area contributed by atoms with E-state index in [1.807, 2.05) is 13.8 Å². The van der Waals surface area contributed by atoms with Gasteiger partial charge in [0.2, 0.25) is 5.91 Å². The lowest BCUT2D eigenvalue weighted by atomic mass is 10.3. The van der Waals surface area contributed by atoms with Crippen LogP contribution in [0.3, 0.4) is 0 Å². The molecule has 8 nitrogen and oxygen atoms in total. The molecule has 8 heteroatoms. The fourth-order valence-corrected chi connectivity index (χ4v) is 1.73. The fraction of sp³-hybridized carbons (Fsp3) is 0.455. The first kappa shape index (κ1) is 13.1. The lowest BCUT2D eigenvalue weighted by Gasteiger charge is -2.11. The molecule has 1 amide bonds. The number of amides is 1. The summed E-state index contributed by atoms with van der Waals surface area (Å²) in [7, 11) is 0. The van der Waals surface area contributed by atoms with Crippen LogP contribution in [0.15, 0.2) is 6.07 Å². The predicted molar refractivity (Wildman–Crippen MR) is 69.1 cm³/mol. The van der Waals surface area contributed by atoms with Crippen molar-refractivity contribution in [3.8, 4) is 0 Å². The quantitative estimate of drug-likeness (QED) is 0.722. The normalized spacial score (nSPS) is 12.4. The van der Waals surface area contributed by atoms with Crippen LogP contribution >= 0.6 is 0 Å². The minimum Gasteiger partial charge on any atom is -0.384 e. The third-order valence-corrected chi connectivity index (χ3v) is 2.61. The number of nitrogens with one attached hydrogen (secondary N) is 2. The first-order valence-electron chi connectivity index (χ1n) is 5.94. The van der Waals surface area contributed by atoms with Crippen molar-refractivity contribution in [3.05, 3.63) is 23.4 Å². The van der Waals surface area contributed by atoms with E-state index in [4.69, 9.17) is 5.73 Å². The molecule has 1 atom stereocenters. The van der Waals surface area contributed by atoms with Crippen molar-refractivity contribution in [2.75, 3.05) is 5.73 Å². The number of nitrogens with two attached hydrogens (primary N) is 1. The molecule has 2 aromatic heterocycles. The molecular formula is C11H17N7O. The Bertz CT molecular complexity index is 586. The van der Waals surface area contributed by atoms with Crippen molar-refractivity contribution in [2.24, 2.45) is 0 Å². The number of H-pyrrole nitrogens is 1. The molecule has 2 rings (SSSR count). The Hall–Kier alpha value is -2.38. The van der Waals surface area contributed by atoms with Gasteiger partial charge in [-0.2, -0.15) is 10.2 Å². The van der Waals surface area contributed by atoms with Crippen LogP contribution in [0.2, 0.25) is 0 Å². The minimum atomic E-state index is -0.268. The third kappa shape index (κ3) is 3.09. The summed E-state index contributed by atoms with van der Waals surface area (Å²) in [4.78, 5) is 16.0. The number of aryl methyl sites for hydroxylation is 2. The number of carbonyl (C=O) groups is 1. The number of anilines is 1. The second-order valence-electron chi connectivity index (χ2n) is 4.44. The number of aromatic nitrogens is 5. The van der Waals surface area contributed by atoms with Gasteiger partial charge in [-0.05, 0) is 20.8 Å². The highest BCUT2D eigenvalue weighted by Gasteiger charge is 2.15. The SMILES string of the molecule is Cc1cc(N)n(CC(=O)N[C@H](C)c2n[nH]c(C)n2)n1. The summed E-state index contributed by atoms with van der Waals surface area (Å²) in [5, 5.41) is 13.7. The van der Waals surface area contributed by atoms with Gasteiger partial charge in [0.25, 0.3) is 0 Å². The Morgan fingerprint density at radius 1 is 1.58 bits per heavy atom.